The quantitative estimate of drug-likeness (QED) is 0.603. The summed E-state index contributed by atoms with van der Waals surface area (Å²) in [5.74, 6) is 0.612. The highest BCUT2D eigenvalue weighted by Crippen LogP contribution is 2.28. The van der Waals surface area contributed by atoms with Gasteiger partial charge in [0.05, 0.1) is 5.56 Å². The number of hydrogen-bond acceptors (Lipinski definition) is 2. The maximum atomic E-state index is 12.0. The summed E-state index contributed by atoms with van der Waals surface area (Å²) in [7, 11) is 2.27. The third-order valence-corrected chi connectivity index (χ3v) is 3.83. The Kier molecular flexibility index (Phi) is 4.46. The molecule has 0 aromatic heterocycles. The lowest BCUT2D eigenvalue weighted by molar-refractivity contribution is 0.0212. The molecule has 0 atom stereocenters. The van der Waals surface area contributed by atoms with E-state index in [1.54, 1.807) is 0 Å². The molecule has 3 heteroatoms. The average molecular weight is 244 g/mol. The van der Waals surface area contributed by atoms with Crippen molar-refractivity contribution in [3.8, 4) is 0 Å². The van der Waals surface area contributed by atoms with Crippen molar-refractivity contribution in [3.05, 3.63) is 35.4 Å². The van der Waals surface area contributed by atoms with Crippen LogP contribution in [0.4, 0.5) is 0 Å². The topological polar surface area (TPSA) is 26.3 Å². The molecule has 1 aromatic rings. The number of carbonyl (C=O) groups excluding carboxylic acids is 1. The van der Waals surface area contributed by atoms with Gasteiger partial charge < -0.3 is 4.74 Å². The van der Waals surface area contributed by atoms with Crippen molar-refractivity contribution in [3.63, 3.8) is 0 Å². The zero-order chi connectivity index (χ0) is 13.0. The van der Waals surface area contributed by atoms with Gasteiger partial charge in [0.2, 0.25) is 0 Å². The zero-order valence-electron chi connectivity index (χ0n) is 11.3. The third kappa shape index (κ3) is 3.38. The molecular formula is C15H21BO2. The molecule has 1 aliphatic rings. The second-order valence-corrected chi connectivity index (χ2v) is 5.34. The minimum Gasteiger partial charge on any atom is -0.459 e. The SMILES string of the molecule is BC1CCC(OC(=O)c2ccc(CC)cc2)CC1. The molecule has 2 rings (SSSR count). The number of esters is 1. The number of rotatable bonds is 3. The Morgan fingerprint density at radius 1 is 1.22 bits per heavy atom. The van der Waals surface area contributed by atoms with E-state index in [4.69, 9.17) is 4.74 Å². The van der Waals surface area contributed by atoms with Crippen LogP contribution in [0.5, 0.6) is 0 Å². The predicted octanol–water partition coefficient (Wildman–Crippen LogP) is 2.77. The van der Waals surface area contributed by atoms with Gasteiger partial charge in [-0.3, -0.25) is 0 Å². The summed E-state index contributed by atoms with van der Waals surface area (Å²) in [5, 5.41) is 0. The molecule has 0 saturated heterocycles. The van der Waals surface area contributed by atoms with Crippen LogP contribution in [0.25, 0.3) is 0 Å². The van der Waals surface area contributed by atoms with Crippen molar-refractivity contribution in [2.45, 2.75) is 50.9 Å². The second-order valence-electron chi connectivity index (χ2n) is 5.34. The lowest BCUT2D eigenvalue weighted by atomic mass is 9.75. The largest absolute Gasteiger partial charge is 0.459 e. The highest BCUT2D eigenvalue weighted by Gasteiger charge is 2.21. The summed E-state index contributed by atoms with van der Waals surface area (Å²) in [4.78, 5) is 12.0. The van der Waals surface area contributed by atoms with Gasteiger partial charge in [-0.05, 0) is 37.0 Å². The van der Waals surface area contributed by atoms with Gasteiger partial charge in [0.25, 0.3) is 0 Å². The maximum Gasteiger partial charge on any atom is 0.338 e. The molecule has 0 aliphatic heterocycles. The van der Waals surface area contributed by atoms with Crippen LogP contribution in [0.2, 0.25) is 5.82 Å². The van der Waals surface area contributed by atoms with Crippen LogP contribution in [0, 0.1) is 0 Å². The molecule has 96 valence electrons. The molecule has 2 nitrogen and oxygen atoms in total. The Bertz CT molecular complexity index is 391. The molecule has 0 bridgehead atoms. The van der Waals surface area contributed by atoms with E-state index in [2.05, 4.69) is 14.8 Å². The van der Waals surface area contributed by atoms with Crippen molar-refractivity contribution in [1.29, 1.82) is 0 Å². The van der Waals surface area contributed by atoms with Crippen molar-refractivity contribution in [1.82, 2.24) is 0 Å². The Morgan fingerprint density at radius 3 is 2.39 bits per heavy atom. The number of benzene rings is 1. The number of ether oxygens (including phenoxy) is 1. The van der Waals surface area contributed by atoms with E-state index in [1.807, 2.05) is 24.3 Å². The molecule has 1 aliphatic carbocycles. The number of carbonyl (C=O) groups is 1. The molecule has 1 fully saturated rings. The van der Waals surface area contributed by atoms with Crippen LogP contribution in [0.15, 0.2) is 24.3 Å². The molecule has 0 unspecified atom stereocenters. The first kappa shape index (κ1) is 13.2. The second kappa shape index (κ2) is 6.08. The smallest absolute Gasteiger partial charge is 0.338 e. The summed E-state index contributed by atoms with van der Waals surface area (Å²) in [6, 6.07) is 7.73. The van der Waals surface area contributed by atoms with E-state index < -0.39 is 0 Å². The standard InChI is InChI=1S/C15H21BO2/c1-2-11-3-5-12(6-4-11)15(17)18-14-9-7-13(16)8-10-14/h3-6,13-14H,2,7-10,16H2,1H3. The van der Waals surface area contributed by atoms with Gasteiger partial charge >= 0.3 is 5.97 Å². The first-order valence-electron chi connectivity index (χ1n) is 6.99. The summed E-state index contributed by atoms with van der Waals surface area (Å²) in [6.07, 6.45) is 5.49. The van der Waals surface area contributed by atoms with Gasteiger partial charge in [0.15, 0.2) is 0 Å². The molecule has 18 heavy (non-hydrogen) atoms. The third-order valence-electron chi connectivity index (χ3n) is 3.83. The van der Waals surface area contributed by atoms with Crippen molar-refractivity contribution in [2.75, 3.05) is 0 Å². The Morgan fingerprint density at radius 2 is 1.83 bits per heavy atom. The fourth-order valence-electron chi connectivity index (χ4n) is 2.44. The van der Waals surface area contributed by atoms with E-state index in [0.717, 1.165) is 25.1 Å². The highest BCUT2D eigenvalue weighted by molar-refractivity contribution is 6.11. The van der Waals surface area contributed by atoms with Crippen LogP contribution in [-0.4, -0.2) is 19.9 Å². The van der Waals surface area contributed by atoms with Crippen molar-refractivity contribution < 1.29 is 9.53 Å². The molecule has 0 radical (unpaired) electrons. The summed E-state index contributed by atoms with van der Waals surface area (Å²) in [5.41, 5.74) is 1.92. The molecule has 1 saturated carbocycles. The van der Waals surface area contributed by atoms with E-state index in [1.165, 1.54) is 18.4 Å². The van der Waals surface area contributed by atoms with Crippen LogP contribution in [-0.2, 0) is 11.2 Å². The van der Waals surface area contributed by atoms with Crippen molar-refractivity contribution in [2.24, 2.45) is 0 Å². The lowest BCUT2D eigenvalue weighted by Crippen LogP contribution is -2.23. The summed E-state index contributed by atoms with van der Waals surface area (Å²) >= 11 is 0. The normalized spacial score (nSPS) is 23.6. The molecule has 1 aromatic carbocycles. The summed E-state index contributed by atoms with van der Waals surface area (Å²) in [6.45, 7) is 2.11. The fraction of sp³-hybridized carbons (Fsp3) is 0.533. The van der Waals surface area contributed by atoms with Crippen LogP contribution in [0.1, 0.15) is 48.5 Å². The van der Waals surface area contributed by atoms with Crippen molar-refractivity contribution >= 4 is 13.8 Å². The minimum atomic E-state index is -0.169. The van der Waals surface area contributed by atoms with E-state index in [0.29, 0.717) is 5.56 Å². The first-order valence-corrected chi connectivity index (χ1v) is 6.99. The van der Waals surface area contributed by atoms with Crippen LogP contribution < -0.4 is 0 Å². The summed E-state index contributed by atoms with van der Waals surface area (Å²) < 4.78 is 5.56. The van der Waals surface area contributed by atoms with E-state index >= 15 is 0 Å². The Labute approximate surface area is 110 Å². The van der Waals surface area contributed by atoms with Gasteiger partial charge in [0.1, 0.15) is 14.0 Å². The first-order chi connectivity index (χ1) is 8.69. The lowest BCUT2D eigenvalue weighted by Gasteiger charge is -2.26. The van der Waals surface area contributed by atoms with Gasteiger partial charge in [-0.15, -0.1) is 0 Å². The Hall–Kier alpha value is -1.25. The Balaban J connectivity index is 1.90. The maximum absolute atomic E-state index is 12.0. The van der Waals surface area contributed by atoms with Gasteiger partial charge in [-0.2, -0.15) is 0 Å². The van der Waals surface area contributed by atoms with Gasteiger partial charge in [0, 0.05) is 0 Å². The minimum absolute atomic E-state index is 0.125. The predicted molar refractivity (Wildman–Crippen MR) is 75.8 cm³/mol. The highest BCUT2D eigenvalue weighted by atomic mass is 16.5. The molecule has 0 spiro atoms. The number of aryl methyl sites for hydroxylation is 1. The van der Waals surface area contributed by atoms with Crippen LogP contribution in [0.3, 0.4) is 0 Å². The van der Waals surface area contributed by atoms with Gasteiger partial charge in [-0.1, -0.05) is 37.7 Å². The molecular weight excluding hydrogens is 223 g/mol. The molecule has 0 heterocycles. The average Bonchev–Trinajstić information content (AvgIpc) is 2.41. The monoisotopic (exact) mass is 244 g/mol. The fourth-order valence-corrected chi connectivity index (χ4v) is 2.44. The molecule has 0 N–H and O–H groups in total. The van der Waals surface area contributed by atoms with E-state index in [9.17, 15) is 4.79 Å². The zero-order valence-corrected chi connectivity index (χ0v) is 11.3. The number of hydrogen-bond donors (Lipinski definition) is 0. The van der Waals surface area contributed by atoms with Gasteiger partial charge in [-0.25, -0.2) is 4.79 Å². The van der Waals surface area contributed by atoms with E-state index in [-0.39, 0.29) is 12.1 Å². The molecule has 0 amide bonds. The van der Waals surface area contributed by atoms with Crippen LogP contribution >= 0.6 is 0 Å².